The molecule has 1 saturated carbocycles. The Kier molecular flexibility index (Phi) is 2.59. The van der Waals surface area contributed by atoms with Gasteiger partial charge in [-0.2, -0.15) is 0 Å². The molecule has 0 amide bonds. The Morgan fingerprint density at radius 2 is 2.10 bits per heavy atom. The van der Waals surface area contributed by atoms with Gasteiger partial charge in [0.05, 0.1) is 11.4 Å². The van der Waals surface area contributed by atoms with Crippen LogP contribution < -0.4 is 0 Å². The third-order valence-electron chi connectivity index (χ3n) is 5.31. The van der Waals surface area contributed by atoms with E-state index in [-0.39, 0.29) is 0 Å². The summed E-state index contributed by atoms with van der Waals surface area (Å²) < 4.78 is 0.860. The minimum Gasteiger partial charge on any atom is -0.254 e. The van der Waals surface area contributed by atoms with Gasteiger partial charge in [-0.05, 0) is 75.3 Å². The van der Waals surface area contributed by atoms with Crippen molar-refractivity contribution in [1.82, 2.24) is 9.97 Å². The van der Waals surface area contributed by atoms with E-state index in [0.717, 1.165) is 21.9 Å². The van der Waals surface area contributed by atoms with Gasteiger partial charge in [0.1, 0.15) is 4.60 Å². The molecule has 2 heterocycles. The predicted molar refractivity (Wildman–Crippen MR) is 83.5 cm³/mol. The highest BCUT2D eigenvalue weighted by atomic mass is 79.9. The topological polar surface area (TPSA) is 25.8 Å². The Morgan fingerprint density at radius 3 is 2.85 bits per heavy atom. The van der Waals surface area contributed by atoms with Crippen LogP contribution in [-0.2, 0) is 6.42 Å². The lowest BCUT2D eigenvalue weighted by molar-refractivity contribution is 0.0183. The number of hydrogen-bond acceptors (Lipinski definition) is 2. The van der Waals surface area contributed by atoms with Gasteiger partial charge in [0.25, 0.3) is 0 Å². The molecule has 0 radical (unpaired) electrons. The molecule has 20 heavy (non-hydrogen) atoms. The van der Waals surface area contributed by atoms with E-state index < -0.39 is 0 Å². The molecular formula is C17H17BrN2. The molecular weight excluding hydrogens is 312 g/mol. The molecule has 3 aliphatic carbocycles. The molecule has 2 atom stereocenters. The largest absolute Gasteiger partial charge is 0.254 e. The SMILES string of the molecule is CC1(C)[C@H]2Cc3cc(-c4cccc(Br)n4)ncc3[C@@H]1C2. The molecule has 2 aromatic heterocycles. The smallest absolute Gasteiger partial charge is 0.106 e. The fourth-order valence-corrected chi connectivity index (χ4v) is 4.19. The molecule has 0 spiro atoms. The third-order valence-corrected chi connectivity index (χ3v) is 5.76. The van der Waals surface area contributed by atoms with Gasteiger partial charge in [0.2, 0.25) is 0 Å². The van der Waals surface area contributed by atoms with E-state index in [2.05, 4.69) is 52.0 Å². The molecule has 2 bridgehead atoms. The first kappa shape index (κ1) is 12.5. The van der Waals surface area contributed by atoms with E-state index >= 15 is 0 Å². The fraction of sp³-hybridized carbons (Fsp3) is 0.412. The normalized spacial score (nSPS) is 25.8. The Balaban J connectivity index is 1.77. The summed E-state index contributed by atoms with van der Waals surface area (Å²) >= 11 is 3.43. The Hall–Kier alpha value is -1.22. The lowest BCUT2D eigenvalue weighted by Gasteiger charge is -2.57. The Morgan fingerprint density at radius 1 is 1.25 bits per heavy atom. The van der Waals surface area contributed by atoms with Gasteiger partial charge in [-0.15, -0.1) is 0 Å². The van der Waals surface area contributed by atoms with Crippen molar-refractivity contribution in [3.63, 3.8) is 0 Å². The first-order valence-electron chi connectivity index (χ1n) is 7.17. The second-order valence-electron chi connectivity index (χ2n) is 6.62. The van der Waals surface area contributed by atoms with E-state index in [4.69, 9.17) is 0 Å². The maximum Gasteiger partial charge on any atom is 0.106 e. The summed E-state index contributed by atoms with van der Waals surface area (Å²) in [7, 11) is 0. The van der Waals surface area contributed by atoms with Crippen molar-refractivity contribution in [2.45, 2.75) is 32.6 Å². The van der Waals surface area contributed by atoms with Gasteiger partial charge in [-0.1, -0.05) is 19.9 Å². The number of aromatic nitrogens is 2. The molecule has 2 aromatic rings. The van der Waals surface area contributed by atoms with Crippen molar-refractivity contribution in [2.24, 2.45) is 11.3 Å². The van der Waals surface area contributed by atoms with Crippen LogP contribution in [0.25, 0.3) is 11.4 Å². The first-order valence-corrected chi connectivity index (χ1v) is 7.97. The summed E-state index contributed by atoms with van der Waals surface area (Å²) in [6.07, 6.45) is 4.63. The van der Waals surface area contributed by atoms with Crippen LogP contribution in [0.15, 0.2) is 35.1 Å². The highest BCUT2D eigenvalue weighted by Gasteiger charge is 2.52. The molecule has 0 aliphatic heterocycles. The van der Waals surface area contributed by atoms with Crippen LogP contribution in [0.2, 0.25) is 0 Å². The molecule has 102 valence electrons. The third kappa shape index (κ3) is 1.69. The molecule has 0 unspecified atom stereocenters. The molecule has 3 heteroatoms. The van der Waals surface area contributed by atoms with E-state index in [1.165, 1.54) is 24.0 Å². The van der Waals surface area contributed by atoms with Crippen LogP contribution in [0.4, 0.5) is 0 Å². The van der Waals surface area contributed by atoms with Crippen molar-refractivity contribution in [1.29, 1.82) is 0 Å². The lowest BCUT2D eigenvalue weighted by Crippen LogP contribution is -2.48. The van der Waals surface area contributed by atoms with Crippen molar-refractivity contribution < 1.29 is 0 Å². The Bertz CT molecular complexity index is 693. The monoisotopic (exact) mass is 328 g/mol. The number of hydrogen-bond donors (Lipinski definition) is 0. The Labute approximate surface area is 127 Å². The summed E-state index contributed by atoms with van der Waals surface area (Å²) in [4.78, 5) is 9.17. The van der Waals surface area contributed by atoms with Crippen molar-refractivity contribution in [3.8, 4) is 11.4 Å². The molecule has 0 N–H and O–H groups in total. The summed E-state index contributed by atoms with van der Waals surface area (Å²) in [5, 5.41) is 0. The van der Waals surface area contributed by atoms with Gasteiger partial charge in [0.15, 0.2) is 0 Å². The molecule has 1 fully saturated rings. The minimum atomic E-state index is 0.463. The zero-order valence-corrected chi connectivity index (χ0v) is 13.3. The van der Waals surface area contributed by atoms with Crippen LogP contribution in [-0.4, -0.2) is 9.97 Å². The second-order valence-corrected chi connectivity index (χ2v) is 7.44. The summed E-state index contributed by atoms with van der Waals surface area (Å²) in [6, 6.07) is 8.22. The van der Waals surface area contributed by atoms with E-state index in [9.17, 15) is 0 Å². The first-order chi connectivity index (χ1) is 9.55. The second kappa shape index (κ2) is 4.14. The minimum absolute atomic E-state index is 0.463. The number of pyridine rings is 2. The van der Waals surface area contributed by atoms with Crippen molar-refractivity contribution in [2.75, 3.05) is 0 Å². The molecule has 2 nitrogen and oxygen atoms in total. The van der Waals surface area contributed by atoms with Crippen LogP contribution in [0, 0.1) is 11.3 Å². The van der Waals surface area contributed by atoms with Crippen molar-refractivity contribution in [3.05, 3.63) is 46.2 Å². The average Bonchev–Trinajstić information content (AvgIpc) is 2.45. The van der Waals surface area contributed by atoms with Crippen LogP contribution in [0.3, 0.4) is 0 Å². The maximum absolute atomic E-state index is 4.66. The van der Waals surface area contributed by atoms with Gasteiger partial charge in [-0.3, -0.25) is 4.98 Å². The highest BCUT2D eigenvalue weighted by Crippen LogP contribution is 2.62. The molecule has 5 rings (SSSR count). The predicted octanol–water partition coefficient (Wildman–Crippen LogP) is 4.59. The number of rotatable bonds is 1. The van der Waals surface area contributed by atoms with E-state index in [0.29, 0.717) is 11.3 Å². The summed E-state index contributed by atoms with van der Waals surface area (Å²) in [6.45, 7) is 4.80. The molecule has 0 saturated heterocycles. The zero-order valence-electron chi connectivity index (χ0n) is 11.7. The lowest BCUT2D eigenvalue weighted by atomic mass is 9.47. The highest BCUT2D eigenvalue weighted by molar-refractivity contribution is 9.10. The quantitative estimate of drug-likeness (QED) is 0.715. The molecule has 3 aliphatic rings. The van der Waals surface area contributed by atoms with Crippen LogP contribution in [0.5, 0.6) is 0 Å². The summed E-state index contributed by atoms with van der Waals surface area (Å²) in [5.74, 6) is 1.54. The van der Waals surface area contributed by atoms with Gasteiger partial charge >= 0.3 is 0 Å². The maximum atomic E-state index is 4.66. The van der Waals surface area contributed by atoms with E-state index in [1.54, 1.807) is 0 Å². The van der Waals surface area contributed by atoms with Gasteiger partial charge in [0, 0.05) is 6.20 Å². The van der Waals surface area contributed by atoms with Gasteiger partial charge in [-0.25, -0.2) is 4.98 Å². The number of nitrogens with zero attached hydrogens (tertiary/aromatic N) is 2. The van der Waals surface area contributed by atoms with Crippen LogP contribution >= 0.6 is 15.9 Å². The number of halogens is 1. The average molecular weight is 329 g/mol. The molecule has 0 aromatic carbocycles. The van der Waals surface area contributed by atoms with Crippen molar-refractivity contribution >= 4 is 15.9 Å². The van der Waals surface area contributed by atoms with Gasteiger partial charge < -0.3 is 0 Å². The standard InChI is InChI=1S/C17H17BrN2/c1-17(2)11-6-10-7-15(14-4-3-5-16(18)20-14)19-9-12(10)13(17)8-11/h3-5,7,9,11,13H,6,8H2,1-2H3/t11-,13-/m0/s1. The summed E-state index contributed by atoms with van der Waals surface area (Å²) in [5.41, 5.74) is 5.35. The fourth-order valence-electron chi connectivity index (χ4n) is 3.84. The zero-order chi connectivity index (χ0) is 13.9. The van der Waals surface area contributed by atoms with Crippen LogP contribution in [0.1, 0.15) is 37.3 Å². The van der Waals surface area contributed by atoms with E-state index in [1.807, 2.05) is 18.2 Å².